The first-order valence-electron chi connectivity index (χ1n) is 5.09. The van der Waals surface area contributed by atoms with Crippen molar-refractivity contribution in [3.05, 3.63) is 28.8 Å². The third kappa shape index (κ3) is 2.07. The molecule has 0 aromatic heterocycles. The van der Waals surface area contributed by atoms with Gasteiger partial charge >= 0.3 is 0 Å². The van der Waals surface area contributed by atoms with Gasteiger partial charge in [-0.3, -0.25) is 0 Å². The molecule has 0 unspecified atom stereocenters. The summed E-state index contributed by atoms with van der Waals surface area (Å²) in [5.74, 6) is 0.852. The second-order valence-corrected chi connectivity index (χ2v) is 3.99. The van der Waals surface area contributed by atoms with Crippen molar-refractivity contribution in [3.8, 4) is 5.75 Å². The minimum atomic E-state index is 0.418. The number of nitrogens with two attached hydrogens (primary N) is 1. The number of rotatable bonds is 3. The number of hydrogen-bond donors (Lipinski definition) is 2. The molecule has 0 saturated heterocycles. The fourth-order valence-electron chi connectivity index (χ4n) is 1.72. The van der Waals surface area contributed by atoms with E-state index in [1.165, 1.54) is 5.56 Å². The zero-order chi connectivity index (χ0) is 10.7. The molecule has 1 rings (SSSR count). The fraction of sp³-hybridized carbons (Fsp3) is 0.500. The summed E-state index contributed by atoms with van der Waals surface area (Å²) >= 11 is 0. The Hall–Kier alpha value is -1.02. The van der Waals surface area contributed by atoms with Crippen LogP contribution < -0.4 is 5.73 Å². The number of benzene rings is 1. The van der Waals surface area contributed by atoms with Crippen LogP contribution in [0.2, 0.25) is 0 Å². The van der Waals surface area contributed by atoms with Gasteiger partial charge in [-0.25, -0.2) is 0 Å². The van der Waals surface area contributed by atoms with Crippen molar-refractivity contribution < 1.29 is 5.11 Å². The van der Waals surface area contributed by atoms with Crippen molar-refractivity contribution >= 4 is 0 Å². The highest BCUT2D eigenvalue weighted by Gasteiger charge is 2.11. The second-order valence-electron chi connectivity index (χ2n) is 3.99. The molecule has 0 atom stereocenters. The summed E-state index contributed by atoms with van der Waals surface area (Å²) in [6, 6.07) is 4.05. The van der Waals surface area contributed by atoms with E-state index >= 15 is 0 Å². The molecule has 0 aliphatic rings. The fourth-order valence-corrected chi connectivity index (χ4v) is 1.72. The first-order valence-corrected chi connectivity index (χ1v) is 5.09. The number of hydrogen-bond acceptors (Lipinski definition) is 2. The minimum absolute atomic E-state index is 0.418. The van der Waals surface area contributed by atoms with Crippen LogP contribution >= 0.6 is 0 Å². The molecule has 0 aliphatic heterocycles. The van der Waals surface area contributed by atoms with Gasteiger partial charge in [0.2, 0.25) is 0 Å². The molecule has 0 bridgehead atoms. The van der Waals surface area contributed by atoms with Gasteiger partial charge < -0.3 is 10.8 Å². The zero-order valence-electron chi connectivity index (χ0n) is 9.17. The highest BCUT2D eigenvalue weighted by Crippen LogP contribution is 2.30. The summed E-state index contributed by atoms with van der Waals surface area (Å²) in [6.07, 6.45) is 0.751. The molecule has 2 heteroatoms. The van der Waals surface area contributed by atoms with Gasteiger partial charge in [-0.05, 0) is 42.5 Å². The Labute approximate surface area is 85.8 Å². The molecular formula is C12H19NO. The summed E-state index contributed by atoms with van der Waals surface area (Å²) in [6.45, 7) is 6.75. The van der Waals surface area contributed by atoms with Gasteiger partial charge in [0.15, 0.2) is 0 Å². The van der Waals surface area contributed by atoms with Crippen LogP contribution in [0.5, 0.6) is 5.75 Å². The predicted molar refractivity (Wildman–Crippen MR) is 59.7 cm³/mol. The highest BCUT2D eigenvalue weighted by atomic mass is 16.3. The van der Waals surface area contributed by atoms with Crippen LogP contribution in [0.1, 0.15) is 36.5 Å². The maximum atomic E-state index is 9.90. The first kappa shape index (κ1) is 11.1. The van der Waals surface area contributed by atoms with Gasteiger partial charge in [-0.15, -0.1) is 0 Å². The van der Waals surface area contributed by atoms with Crippen LogP contribution in [0.3, 0.4) is 0 Å². The Morgan fingerprint density at radius 3 is 2.50 bits per heavy atom. The Kier molecular flexibility index (Phi) is 3.53. The molecule has 0 radical (unpaired) electrons. The van der Waals surface area contributed by atoms with Crippen LogP contribution in [-0.2, 0) is 6.42 Å². The van der Waals surface area contributed by atoms with Crippen molar-refractivity contribution in [2.24, 2.45) is 5.73 Å². The summed E-state index contributed by atoms with van der Waals surface area (Å²) in [4.78, 5) is 0. The van der Waals surface area contributed by atoms with E-state index in [1.807, 2.05) is 13.0 Å². The lowest BCUT2D eigenvalue weighted by Gasteiger charge is -2.15. The van der Waals surface area contributed by atoms with Crippen LogP contribution in [0.25, 0.3) is 0 Å². The van der Waals surface area contributed by atoms with Crippen LogP contribution in [0.4, 0.5) is 0 Å². The van der Waals surface area contributed by atoms with Crippen LogP contribution in [0, 0.1) is 6.92 Å². The van der Waals surface area contributed by atoms with E-state index in [2.05, 4.69) is 19.9 Å². The van der Waals surface area contributed by atoms with E-state index in [1.54, 1.807) is 0 Å². The SMILES string of the molecule is Cc1ccc(C(C)C)c(CCN)c1O. The summed E-state index contributed by atoms with van der Waals surface area (Å²) in [5.41, 5.74) is 8.69. The molecule has 0 aliphatic carbocycles. The molecule has 14 heavy (non-hydrogen) atoms. The van der Waals surface area contributed by atoms with Crippen molar-refractivity contribution in [2.45, 2.75) is 33.1 Å². The van der Waals surface area contributed by atoms with Gasteiger partial charge in [0, 0.05) is 0 Å². The van der Waals surface area contributed by atoms with Crippen molar-refractivity contribution in [3.63, 3.8) is 0 Å². The van der Waals surface area contributed by atoms with Gasteiger partial charge in [0.25, 0.3) is 0 Å². The molecule has 0 saturated carbocycles. The van der Waals surface area contributed by atoms with Gasteiger partial charge in [-0.2, -0.15) is 0 Å². The second kappa shape index (κ2) is 4.47. The first-order chi connectivity index (χ1) is 6.57. The zero-order valence-corrected chi connectivity index (χ0v) is 9.17. The van der Waals surface area contributed by atoms with E-state index in [0.717, 1.165) is 17.5 Å². The maximum Gasteiger partial charge on any atom is 0.122 e. The largest absolute Gasteiger partial charge is 0.507 e. The standard InChI is InChI=1S/C12H19NO/c1-8(2)10-5-4-9(3)12(14)11(10)6-7-13/h4-5,8,14H,6-7,13H2,1-3H3. The van der Waals surface area contributed by atoms with Crippen molar-refractivity contribution in [2.75, 3.05) is 6.54 Å². The third-order valence-corrected chi connectivity index (χ3v) is 2.54. The third-order valence-electron chi connectivity index (χ3n) is 2.54. The van der Waals surface area contributed by atoms with Crippen molar-refractivity contribution in [1.82, 2.24) is 0 Å². The average molecular weight is 193 g/mol. The summed E-state index contributed by atoms with van der Waals surface area (Å²) in [7, 11) is 0. The number of phenolic OH excluding ortho intramolecular Hbond substituents is 1. The number of aryl methyl sites for hydroxylation is 1. The molecule has 78 valence electrons. The lowest BCUT2D eigenvalue weighted by Crippen LogP contribution is -2.07. The highest BCUT2D eigenvalue weighted by molar-refractivity contribution is 5.46. The lowest BCUT2D eigenvalue weighted by molar-refractivity contribution is 0.462. The molecule has 1 aromatic rings. The van der Waals surface area contributed by atoms with Gasteiger partial charge in [0.05, 0.1) is 0 Å². The Bertz CT molecular complexity index is 318. The average Bonchev–Trinajstić information content (AvgIpc) is 2.13. The van der Waals surface area contributed by atoms with Gasteiger partial charge in [-0.1, -0.05) is 26.0 Å². The molecule has 2 nitrogen and oxygen atoms in total. The summed E-state index contributed by atoms with van der Waals surface area (Å²) < 4.78 is 0. The summed E-state index contributed by atoms with van der Waals surface area (Å²) in [5, 5.41) is 9.90. The normalized spacial score (nSPS) is 10.9. The topological polar surface area (TPSA) is 46.2 Å². The van der Waals surface area contributed by atoms with E-state index < -0.39 is 0 Å². The van der Waals surface area contributed by atoms with E-state index in [4.69, 9.17) is 5.73 Å². The monoisotopic (exact) mass is 193 g/mol. The molecule has 3 N–H and O–H groups in total. The molecule has 0 heterocycles. The molecule has 0 spiro atoms. The molecule has 0 fully saturated rings. The molecular weight excluding hydrogens is 174 g/mol. The smallest absolute Gasteiger partial charge is 0.122 e. The maximum absolute atomic E-state index is 9.90. The van der Waals surface area contributed by atoms with Crippen LogP contribution in [0.15, 0.2) is 12.1 Å². The minimum Gasteiger partial charge on any atom is -0.507 e. The number of phenols is 1. The Balaban J connectivity index is 3.22. The van der Waals surface area contributed by atoms with E-state index in [0.29, 0.717) is 18.2 Å². The van der Waals surface area contributed by atoms with E-state index in [-0.39, 0.29) is 0 Å². The Morgan fingerprint density at radius 1 is 1.36 bits per heavy atom. The molecule has 0 amide bonds. The number of aromatic hydroxyl groups is 1. The Morgan fingerprint density at radius 2 is 2.00 bits per heavy atom. The quantitative estimate of drug-likeness (QED) is 0.774. The van der Waals surface area contributed by atoms with Crippen molar-refractivity contribution in [1.29, 1.82) is 0 Å². The van der Waals surface area contributed by atoms with Gasteiger partial charge in [0.1, 0.15) is 5.75 Å². The lowest BCUT2D eigenvalue weighted by atomic mass is 9.93. The van der Waals surface area contributed by atoms with Crippen LogP contribution in [-0.4, -0.2) is 11.7 Å². The van der Waals surface area contributed by atoms with E-state index in [9.17, 15) is 5.11 Å². The molecule has 1 aromatic carbocycles. The predicted octanol–water partition coefficient (Wildman–Crippen LogP) is 2.33.